The fourth-order valence-corrected chi connectivity index (χ4v) is 6.20. The fourth-order valence-electron chi connectivity index (χ4n) is 6.11. The zero-order chi connectivity index (χ0) is 34.5. The molecule has 12 nitrogen and oxygen atoms in total. The molecule has 1 unspecified atom stereocenters. The van der Waals surface area contributed by atoms with E-state index in [1.54, 1.807) is 12.3 Å². The van der Waals surface area contributed by atoms with Gasteiger partial charge < -0.3 is 20.3 Å². The number of nitrogens with one attached hydrogen (secondary N) is 4. The highest BCUT2D eigenvalue weighted by molar-refractivity contribution is 6.20. The Morgan fingerprint density at radius 2 is 1.86 bits per heavy atom. The number of anilines is 3. The van der Waals surface area contributed by atoms with Gasteiger partial charge in [0.25, 0.3) is 5.91 Å². The fraction of sp³-hybridized carbons (Fsp3) is 0.324. The number of H-pyrrole nitrogens is 1. The first-order chi connectivity index (χ1) is 23.5. The molecule has 1 atom stereocenters. The maximum atomic E-state index is 13.2. The summed E-state index contributed by atoms with van der Waals surface area (Å²) in [5, 5.41) is 15.7. The smallest absolute Gasteiger partial charge is 0.420 e. The number of hydrogen-bond acceptors (Lipinski definition) is 9. The van der Waals surface area contributed by atoms with Gasteiger partial charge in [0.2, 0.25) is 11.8 Å². The Labute approximate surface area is 286 Å². The molecule has 2 saturated heterocycles. The van der Waals surface area contributed by atoms with Crippen LogP contribution in [0.1, 0.15) is 41.6 Å². The lowest BCUT2D eigenvalue weighted by Gasteiger charge is -2.38. The maximum absolute atomic E-state index is 13.2. The molecule has 0 radical (unpaired) electrons. The molecule has 4 N–H and O–H groups in total. The number of carbonyl (C=O) groups excluding carboxylic acids is 3. The Morgan fingerprint density at radius 1 is 1.10 bits per heavy atom. The minimum atomic E-state index is -3.84. The SMILES string of the molecule is CN(Cc1ccccc1NC1CCC(=O)NC1=O)C1CCN(c2ncc(C(=O)Nc3ccc(OC(F)(F)Cl)cc3)cc2-c2cc[nH]n2)CC1. The van der Waals surface area contributed by atoms with E-state index < -0.39 is 17.5 Å². The van der Waals surface area contributed by atoms with Crippen LogP contribution in [-0.2, 0) is 16.1 Å². The van der Waals surface area contributed by atoms with Crippen LogP contribution in [0, 0.1) is 0 Å². The van der Waals surface area contributed by atoms with E-state index in [1.807, 2.05) is 30.3 Å². The van der Waals surface area contributed by atoms with Gasteiger partial charge in [0, 0.05) is 73.0 Å². The zero-order valence-electron chi connectivity index (χ0n) is 26.6. The summed E-state index contributed by atoms with van der Waals surface area (Å²) in [5.74, 6) is -0.408. The average Bonchev–Trinajstić information content (AvgIpc) is 3.62. The van der Waals surface area contributed by atoms with Crippen LogP contribution in [0.4, 0.5) is 26.0 Å². The van der Waals surface area contributed by atoms with Crippen LogP contribution in [0.15, 0.2) is 73.1 Å². The number of nitrogens with zero attached hydrogens (tertiary/aromatic N) is 4. The molecule has 0 saturated carbocycles. The van der Waals surface area contributed by atoms with E-state index in [0.29, 0.717) is 53.8 Å². The quantitative estimate of drug-likeness (QED) is 0.123. The highest BCUT2D eigenvalue weighted by Gasteiger charge is 2.29. The van der Waals surface area contributed by atoms with Gasteiger partial charge in [-0.15, -0.1) is 8.78 Å². The third kappa shape index (κ3) is 8.51. The third-order valence-corrected chi connectivity index (χ3v) is 8.72. The Balaban J connectivity index is 1.10. The minimum Gasteiger partial charge on any atom is -0.420 e. The summed E-state index contributed by atoms with van der Waals surface area (Å²) in [4.78, 5) is 46.3. The first-order valence-corrected chi connectivity index (χ1v) is 16.2. The van der Waals surface area contributed by atoms with E-state index in [1.165, 1.54) is 30.5 Å². The zero-order valence-corrected chi connectivity index (χ0v) is 27.3. The molecule has 4 aromatic rings. The van der Waals surface area contributed by atoms with Crippen LogP contribution in [0.2, 0.25) is 0 Å². The van der Waals surface area contributed by atoms with E-state index in [-0.39, 0.29) is 17.6 Å². The van der Waals surface area contributed by atoms with Gasteiger partial charge in [0.05, 0.1) is 11.3 Å². The first-order valence-electron chi connectivity index (χ1n) is 15.8. The lowest BCUT2D eigenvalue weighted by atomic mass is 10.0. The lowest BCUT2D eigenvalue weighted by Crippen LogP contribution is -2.47. The Bertz CT molecular complexity index is 1790. The van der Waals surface area contributed by atoms with Crippen molar-refractivity contribution in [3.8, 4) is 17.0 Å². The molecule has 0 bridgehead atoms. The number of alkyl halides is 3. The van der Waals surface area contributed by atoms with Gasteiger partial charge in [0.15, 0.2) is 0 Å². The van der Waals surface area contributed by atoms with Crippen LogP contribution in [0.5, 0.6) is 5.75 Å². The summed E-state index contributed by atoms with van der Waals surface area (Å²) in [6.45, 7) is 2.14. The van der Waals surface area contributed by atoms with Crippen LogP contribution >= 0.6 is 11.6 Å². The second kappa shape index (κ2) is 14.6. The van der Waals surface area contributed by atoms with Crippen molar-refractivity contribution in [3.05, 3.63) is 84.2 Å². The third-order valence-electron chi connectivity index (χ3n) is 8.64. The molecule has 2 aromatic heterocycles. The van der Waals surface area contributed by atoms with Crippen LogP contribution in [0.25, 0.3) is 11.3 Å². The van der Waals surface area contributed by atoms with Crippen LogP contribution in [-0.4, -0.2) is 75.6 Å². The number of ether oxygens (including phenoxy) is 1. The van der Waals surface area contributed by atoms with Gasteiger partial charge in [-0.05, 0) is 74.3 Å². The molecule has 6 rings (SSSR count). The minimum absolute atomic E-state index is 0.147. The predicted molar refractivity (Wildman–Crippen MR) is 181 cm³/mol. The van der Waals surface area contributed by atoms with Gasteiger partial charge in [0.1, 0.15) is 17.6 Å². The number of pyridine rings is 1. The number of aromatic amines is 1. The van der Waals surface area contributed by atoms with Crippen molar-refractivity contribution in [2.75, 3.05) is 35.7 Å². The summed E-state index contributed by atoms with van der Waals surface area (Å²) < 4.78 is 30.2. The van der Waals surface area contributed by atoms with E-state index in [4.69, 9.17) is 16.6 Å². The van der Waals surface area contributed by atoms with E-state index in [2.05, 4.69) is 47.7 Å². The van der Waals surface area contributed by atoms with Crippen LogP contribution < -0.4 is 25.6 Å². The number of amides is 3. The lowest BCUT2D eigenvalue weighted by molar-refractivity contribution is -0.133. The van der Waals surface area contributed by atoms with Gasteiger partial charge in [-0.2, -0.15) is 5.10 Å². The molecule has 3 amide bonds. The molecule has 256 valence electrons. The molecule has 2 aliphatic heterocycles. The molecule has 2 aliphatic rings. The molecule has 2 fully saturated rings. The van der Waals surface area contributed by atoms with Crippen LogP contribution in [0.3, 0.4) is 0 Å². The summed E-state index contributed by atoms with van der Waals surface area (Å²) in [6, 6.07) is 16.7. The number of para-hydroxylation sites is 1. The number of imide groups is 1. The topological polar surface area (TPSA) is 145 Å². The molecule has 0 aliphatic carbocycles. The van der Waals surface area contributed by atoms with E-state index >= 15 is 0 Å². The second-order valence-corrected chi connectivity index (χ2v) is 12.5. The molecule has 2 aromatic carbocycles. The number of halogens is 3. The first kappa shape index (κ1) is 33.8. The highest BCUT2D eigenvalue weighted by atomic mass is 35.5. The number of rotatable bonds is 11. The second-order valence-electron chi connectivity index (χ2n) is 12.0. The van der Waals surface area contributed by atoms with Crippen molar-refractivity contribution < 1.29 is 27.9 Å². The Morgan fingerprint density at radius 3 is 2.55 bits per heavy atom. The largest absolute Gasteiger partial charge is 0.487 e. The van der Waals surface area contributed by atoms with E-state index in [9.17, 15) is 23.2 Å². The van der Waals surface area contributed by atoms with Crippen molar-refractivity contribution in [1.82, 2.24) is 25.4 Å². The van der Waals surface area contributed by atoms with Gasteiger partial charge >= 0.3 is 5.57 Å². The molecule has 0 spiro atoms. The van der Waals surface area contributed by atoms with Gasteiger partial charge in [-0.1, -0.05) is 18.2 Å². The molecular weight excluding hydrogens is 658 g/mol. The summed E-state index contributed by atoms with van der Waals surface area (Å²) in [5.41, 5.74) is 0.114. The van der Waals surface area contributed by atoms with E-state index in [0.717, 1.165) is 37.2 Å². The molecule has 49 heavy (non-hydrogen) atoms. The normalized spacial score (nSPS) is 17.2. The molecular formula is C34H35ClF2N8O4. The number of benzene rings is 2. The monoisotopic (exact) mass is 692 g/mol. The molecule has 4 heterocycles. The van der Waals surface area contributed by atoms with Gasteiger partial charge in [-0.3, -0.25) is 29.7 Å². The summed E-state index contributed by atoms with van der Waals surface area (Å²) in [7, 11) is 2.09. The number of piperidine rings is 2. The Kier molecular flexibility index (Phi) is 10.1. The van der Waals surface area contributed by atoms with Crippen molar-refractivity contribution in [2.45, 2.75) is 49.9 Å². The number of aromatic nitrogens is 3. The van der Waals surface area contributed by atoms with Crippen molar-refractivity contribution in [1.29, 1.82) is 0 Å². The highest BCUT2D eigenvalue weighted by Crippen LogP contribution is 2.32. The number of carbonyl (C=O) groups is 3. The number of hydrogen-bond donors (Lipinski definition) is 4. The maximum Gasteiger partial charge on any atom is 0.487 e. The molecule has 15 heteroatoms. The summed E-state index contributed by atoms with van der Waals surface area (Å²) >= 11 is 4.82. The van der Waals surface area contributed by atoms with Crippen molar-refractivity contribution >= 4 is 46.5 Å². The van der Waals surface area contributed by atoms with Crippen molar-refractivity contribution in [2.24, 2.45) is 0 Å². The standard InChI is InChI=1S/C34H35ClF2N8O4/c1-44(20-21-4-2-3-5-27(21)41-29-10-11-30(46)42-33(29)48)24-13-16-45(17-14-24)31-26(28-12-15-39-43-28)18-22(19-38-31)32(47)40-23-6-8-25(9-7-23)49-34(35,36)37/h2-9,12,15,18-19,24,29,41H,10-11,13-14,16-17,20H2,1H3,(H,39,43)(H,40,47)(H,42,46,48). The Hall–Kier alpha value is -5.08. The predicted octanol–water partition coefficient (Wildman–Crippen LogP) is 5.21. The summed E-state index contributed by atoms with van der Waals surface area (Å²) in [6.07, 6.45) is 5.73. The average molecular weight is 693 g/mol. The van der Waals surface area contributed by atoms with Crippen molar-refractivity contribution in [3.63, 3.8) is 0 Å². The van der Waals surface area contributed by atoms with Gasteiger partial charge in [-0.25, -0.2) is 4.98 Å².